The van der Waals surface area contributed by atoms with Gasteiger partial charge >= 0.3 is 5.97 Å². The summed E-state index contributed by atoms with van der Waals surface area (Å²) in [5, 5.41) is 6.28. The number of rotatable bonds is 7. The molecule has 0 unspecified atom stereocenters. The number of esters is 1. The molecule has 0 saturated carbocycles. The lowest BCUT2D eigenvalue weighted by molar-refractivity contribution is -0.115. The molecule has 0 bridgehead atoms. The number of anilines is 1. The van der Waals surface area contributed by atoms with Crippen molar-refractivity contribution in [3.63, 3.8) is 0 Å². The number of nitrogens with zero attached hydrogens (tertiary/aromatic N) is 3. The van der Waals surface area contributed by atoms with Crippen molar-refractivity contribution in [2.45, 2.75) is 20.4 Å². The van der Waals surface area contributed by atoms with Crippen LogP contribution in [0.15, 0.2) is 33.8 Å². The van der Waals surface area contributed by atoms with Gasteiger partial charge in [0.2, 0.25) is 5.91 Å². The fourth-order valence-corrected chi connectivity index (χ4v) is 4.43. The molecule has 2 aromatic heterocycles. The van der Waals surface area contributed by atoms with Crippen LogP contribution >= 0.6 is 23.1 Å². The topological polar surface area (TPSA) is 116 Å². The molecule has 3 rings (SSSR count). The number of carbonyl (C=O) groups excluding carboxylic acids is 3. The third kappa shape index (κ3) is 5.16. The molecular weight excluding hydrogens is 428 g/mol. The third-order valence-electron chi connectivity index (χ3n) is 3.99. The Kier molecular flexibility index (Phi) is 7.06. The lowest BCUT2D eigenvalue weighted by atomic mass is 10.2. The van der Waals surface area contributed by atoms with E-state index in [0.717, 1.165) is 22.0 Å². The van der Waals surface area contributed by atoms with Crippen LogP contribution < -0.4 is 10.1 Å². The average molecular weight is 449 g/mol. The van der Waals surface area contributed by atoms with Crippen LogP contribution in [-0.2, 0) is 20.9 Å². The number of methoxy groups -OCH3 is 1. The standard InChI is InChI=1S/C19H20N4O5S2/c1-4-23-13-6-5-12(18(26)27-3)8-14(13)30-19(23)21-17(25)10-29-9-16(24)20-15-7-11(2)28-22-15/h5-8H,4,9-10H2,1-3H3,(H,20,22,24). The molecule has 11 heteroatoms. The quantitative estimate of drug-likeness (QED) is 0.552. The van der Waals surface area contributed by atoms with Gasteiger partial charge in [-0.15, -0.1) is 11.8 Å². The molecule has 2 heterocycles. The minimum absolute atomic E-state index is 0.0661. The second-order valence-corrected chi connectivity index (χ2v) is 8.17. The van der Waals surface area contributed by atoms with Crippen molar-refractivity contribution in [1.29, 1.82) is 0 Å². The number of benzene rings is 1. The summed E-state index contributed by atoms with van der Waals surface area (Å²) in [6.45, 7) is 4.30. The first-order chi connectivity index (χ1) is 14.4. The Bertz CT molecular complexity index is 1160. The predicted molar refractivity (Wildman–Crippen MR) is 115 cm³/mol. The zero-order chi connectivity index (χ0) is 21.7. The highest BCUT2D eigenvalue weighted by Crippen LogP contribution is 2.20. The fraction of sp³-hybridized carbons (Fsp3) is 0.316. The number of amides is 2. The van der Waals surface area contributed by atoms with Gasteiger partial charge in [-0.05, 0) is 32.0 Å². The van der Waals surface area contributed by atoms with Crippen LogP contribution in [-0.4, -0.2) is 46.1 Å². The number of thiazole rings is 1. The summed E-state index contributed by atoms with van der Waals surface area (Å²) in [6, 6.07) is 6.84. The Morgan fingerprint density at radius 2 is 2.10 bits per heavy atom. The Morgan fingerprint density at radius 1 is 1.30 bits per heavy atom. The molecule has 0 atom stereocenters. The normalized spacial score (nSPS) is 11.6. The van der Waals surface area contributed by atoms with E-state index in [1.807, 2.05) is 17.6 Å². The van der Waals surface area contributed by atoms with Gasteiger partial charge in [0, 0.05) is 12.6 Å². The Labute approximate surface area is 180 Å². The maximum Gasteiger partial charge on any atom is 0.337 e. The van der Waals surface area contributed by atoms with E-state index >= 15 is 0 Å². The highest BCUT2D eigenvalue weighted by molar-refractivity contribution is 8.00. The summed E-state index contributed by atoms with van der Waals surface area (Å²) in [5.74, 6) is 0.0622. The van der Waals surface area contributed by atoms with Crippen molar-refractivity contribution in [3.05, 3.63) is 40.4 Å². The lowest BCUT2D eigenvalue weighted by Gasteiger charge is -2.02. The molecule has 3 aromatic rings. The number of nitrogens with one attached hydrogen (secondary N) is 1. The number of thioether (sulfide) groups is 1. The first-order valence-corrected chi connectivity index (χ1v) is 11.0. The van der Waals surface area contributed by atoms with Crippen molar-refractivity contribution >= 4 is 56.9 Å². The van der Waals surface area contributed by atoms with Gasteiger partial charge in [-0.3, -0.25) is 9.59 Å². The Balaban J connectivity index is 1.66. The summed E-state index contributed by atoms with van der Waals surface area (Å²) in [5.41, 5.74) is 1.33. The maximum atomic E-state index is 12.3. The van der Waals surface area contributed by atoms with Crippen LogP contribution in [0.4, 0.5) is 5.82 Å². The minimum Gasteiger partial charge on any atom is -0.465 e. The second kappa shape index (κ2) is 9.72. The van der Waals surface area contributed by atoms with Crippen molar-refractivity contribution in [3.8, 4) is 0 Å². The number of aromatic nitrogens is 2. The van der Waals surface area contributed by atoms with Crippen molar-refractivity contribution in [2.24, 2.45) is 4.99 Å². The zero-order valence-electron chi connectivity index (χ0n) is 16.6. The summed E-state index contributed by atoms with van der Waals surface area (Å²) in [7, 11) is 1.33. The smallest absolute Gasteiger partial charge is 0.337 e. The molecule has 2 amide bonds. The van der Waals surface area contributed by atoms with Gasteiger partial charge in [0.25, 0.3) is 5.91 Å². The van der Waals surface area contributed by atoms with Gasteiger partial charge in [0.1, 0.15) is 5.76 Å². The lowest BCUT2D eigenvalue weighted by Crippen LogP contribution is -2.18. The van der Waals surface area contributed by atoms with Crippen LogP contribution in [0.2, 0.25) is 0 Å². The molecule has 0 saturated heterocycles. The van der Waals surface area contributed by atoms with Crippen molar-refractivity contribution in [1.82, 2.24) is 9.72 Å². The summed E-state index contributed by atoms with van der Waals surface area (Å²) in [6.07, 6.45) is 0. The first kappa shape index (κ1) is 21.8. The molecule has 158 valence electrons. The molecule has 0 aliphatic heterocycles. The number of aryl methyl sites for hydroxylation is 2. The molecule has 0 spiro atoms. The molecule has 1 N–H and O–H groups in total. The van der Waals surface area contributed by atoms with E-state index in [9.17, 15) is 14.4 Å². The third-order valence-corrected chi connectivity index (χ3v) is 5.95. The Hall–Kier alpha value is -2.92. The van der Waals surface area contributed by atoms with E-state index in [1.54, 1.807) is 25.1 Å². The van der Waals surface area contributed by atoms with Gasteiger partial charge in [0.15, 0.2) is 10.6 Å². The van der Waals surface area contributed by atoms with Crippen LogP contribution in [0.5, 0.6) is 0 Å². The molecular formula is C19H20N4O5S2. The van der Waals surface area contributed by atoms with Crippen LogP contribution in [0.25, 0.3) is 10.2 Å². The van der Waals surface area contributed by atoms with E-state index in [4.69, 9.17) is 9.26 Å². The molecule has 30 heavy (non-hydrogen) atoms. The largest absolute Gasteiger partial charge is 0.465 e. The van der Waals surface area contributed by atoms with Gasteiger partial charge in [-0.25, -0.2) is 4.79 Å². The van der Waals surface area contributed by atoms with Crippen LogP contribution in [0.3, 0.4) is 0 Å². The Morgan fingerprint density at radius 3 is 2.77 bits per heavy atom. The van der Waals surface area contributed by atoms with Crippen molar-refractivity contribution < 1.29 is 23.6 Å². The zero-order valence-corrected chi connectivity index (χ0v) is 18.3. The summed E-state index contributed by atoms with van der Waals surface area (Å²) >= 11 is 2.49. The van der Waals surface area contributed by atoms with E-state index in [1.165, 1.54) is 18.4 Å². The van der Waals surface area contributed by atoms with Gasteiger partial charge in [0.05, 0.1) is 34.4 Å². The average Bonchev–Trinajstić information content (AvgIpc) is 3.28. The first-order valence-electron chi connectivity index (χ1n) is 9.01. The predicted octanol–water partition coefficient (Wildman–Crippen LogP) is 2.60. The van der Waals surface area contributed by atoms with E-state index in [-0.39, 0.29) is 23.3 Å². The number of fused-ring (bicyclic) bond motifs is 1. The molecule has 0 fully saturated rings. The minimum atomic E-state index is -0.418. The van der Waals surface area contributed by atoms with Gasteiger partial charge in [-0.1, -0.05) is 16.5 Å². The van der Waals surface area contributed by atoms with Crippen LogP contribution in [0.1, 0.15) is 23.0 Å². The molecule has 9 nitrogen and oxygen atoms in total. The SMILES string of the molecule is CCn1c(=NC(=O)CSCC(=O)Nc2cc(C)on2)sc2cc(C(=O)OC)ccc21. The summed E-state index contributed by atoms with van der Waals surface area (Å²) < 4.78 is 12.4. The maximum absolute atomic E-state index is 12.3. The number of hydrogen-bond donors (Lipinski definition) is 1. The van der Waals surface area contributed by atoms with E-state index < -0.39 is 5.97 Å². The summed E-state index contributed by atoms with van der Waals surface area (Å²) in [4.78, 5) is 40.7. The number of ether oxygens (including phenoxy) is 1. The second-order valence-electron chi connectivity index (χ2n) is 6.17. The number of hydrogen-bond acceptors (Lipinski definition) is 8. The van der Waals surface area contributed by atoms with Crippen molar-refractivity contribution in [2.75, 3.05) is 23.9 Å². The highest BCUT2D eigenvalue weighted by Gasteiger charge is 2.12. The van der Waals surface area contributed by atoms with E-state index in [0.29, 0.717) is 28.5 Å². The fourth-order valence-electron chi connectivity index (χ4n) is 2.68. The van der Waals surface area contributed by atoms with Gasteiger partial charge in [-0.2, -0.15) is 4.99 Å². The number of carbonyl (C=O) groups is 3. The monoisotopic (exact) mass is 448 g/mol. The van der Waals surface area contributed by atoms with E-state index in [2.05, 4.69) is 15.5 Å². The molecule has 1 aromatic carbocycles. The highest BCUT2D eigenvalue weighted by atomic mass is 32.2. The molecule has 0 radical (unpaired) electrons. The van der Waals surface area contributed by atoms with Gasteiger partial charge < -0.3 is 19.1 Å². The molecule has 0 aliphatic rings. The molecule has 0 aliphatic carbocycles. The van der Waals surface area contributed by atoms with Crippen LogP contribution in [0, 0.1) is 6.92 Å².